The summed E-state index contributed by atoms with van der Waals surface area (Å²) in [6.45, 7) is 6.33. The highest BCUT2D eigenvalue weighted by molar-refractivity contribution is 7.99. The van der Waals surface area contributed by atoms with Gasteiger partial charge in [0.2, 0.25) is 0 Å². The summed E-state index contributed by atoms with van der Waals surface area (Å²) in [7, 11) is 0. The highest BCUT2D eigenvalue weighted by Gasteiger charge is 2.17. The Labute approximate surface area is 120 Å². The molecule has 0 radical (unpaired) electrons. The molecular weight excluding hydrogens is 256 g/mol. The molecule has 2 heterocycles. The summed E-state index contributed by atoms with van der Waals surface area (Å²) >= 11 is 1.85. The summed E-state index contributed by atoms with van der Waals surface area (Å²) < 4.78 is 2.33. The van der Waals surface area contributed by atoms with E-state index < -0.39 is 0 Å². The lowest BCUT2D eigenvalue weighted by atomic mass is 9.88. The van der Waals surface area contributed by atoms with E-state index in [0.29, 0.717) is 0 Å². The van der Waals surface area contributed by atoms with Crippen LogP contribution in [-0.4, -0.2) is 27.1 Å². The molecule has 0 fully saturated rings. The number of aryl methyl sites for hydroxylation is 1. The highest BCUT2D eigenvalue weighted by atomic mass is 32.2. The molecule has 2 rings (SSSR count). The van der Waals surface area contributed by atoms with E-state index in [1.807, 2.05) is 11.8 Å². The Balaban J connectivity index is 1.82. The van der Waals surface area contributed by atoms with Gasteiger partial charge in [-0.15, -0.1) is 10.2 Å². The van der Waals surface area contributed by atoms with E-state index in [1.54, 1.807) is 0 Å². The third kappa shape index (κ3) is 4.21. The first kappa shape index (κ1) is 14.9. The molecule has 1 aromatic rings. The van der Waals surface area contributed by atoms with Gasteiger partial charge in [-0.25, -0.2) is 0 Å². The number of rotatable bonds is 6. The molecule has 0 unspecified atom stereocenters. The number of fused-ring (bicyclic) bond motifs is 1. The number of nitrogens with zero attached hydrogens (tertiary/aromatic N) is 3. The minimum absolute atomic E-state index is 0.266. The van der Waals surface area contributed by atoms with E-state index in [9.17, 15) is 0 Å². The molecule has 0 saturated heterocycles. The van der Waals surface area contributed by atoms with Gasteiger partial charge in [-0.05, 0) is 37.6 Å². The molecule has 5 heteroatoms. The van der Waals surface area contributed by atoms with Gasteiger partial charge < -0.3 is 10.3 Å². The van der Waals surface area contributed by atoms with Crippen LogP contribution in [0.2, 0.25) is 0 Å². The summed E-state index contributed by atoms with van der Waals surface area (Å²) in [5.74, 6) is 2.30. The van der Waals surface area contributed by atoms with E-state index >= 15 is 0 Å². The maximum Gasteiger partial charge on any atom is 0.191 e. The number of hydrogen-bond donors (Lipinski definition) is 1. The van der Waals surface area contributed by atoms with Crippen LogP contribution in [0.15, 0.2) is 5.16 Å². The van der Waals surface area contributed by atoms with Crippen LogP contribution in [0.4, 0.5) is 0 Å². The first-order valence-corrected chi connectivity index (χ1v) is 8.36. The zero-order valence-corrected chi connectivity index (χ0v) is 13.0. The molecule has 4 nitrogen and oxygen atoms in total. The van der Waals surface area contributed by atoms with Crippen molar-refractivity contribution in [2.45, 2.75) is 64.1 Å². The summed E-state index contributed by atoms with van der Waals surface area (Å²) in [4.78, 5) is 0. The number of thioether (sulfide) groups is 1. The summed E-state index contributed by atoms with van der Waals surface area (Å²) in [5.41, 5.74) is 6.02. The average molecular weight is 282 g/mol. The second-order valence-corrected chi connectivity index (χ2v) is 7.24. The SMILES string of the molecule is CC(C)(CN)CCCSc1nnc2n1CCCCC2. The lowest BCUT2D eigenvalue weighted by Crippen LogP contribution is -2.23. The van der Waals surface area contributed by atoms with E-state index in [-0.39, 0.29) is 5.41 Å². The van der Waals surface area contributed by atoms with Crippen molar-refractivity contribution in [3.63, 3.8) is 0 Å². The Hall–Kier alpha value is -0.550. The molecule has 1 aliphatic heterocycles. The van der Waals surface area contributed by atoms with Crippen LogP contribution in [0.25, 0.3) is 0 Å². The lowest BCUT2D eigenvalue weighted by molar-refractivity contribution is 0.345. The van der Waals surface area contributed by atoms with E-state index in [1.165, 1.54) is 37.9 Å². The fraction of sp³-hybridized carbons (Fsp3) is 0.857. The molecule has 0 saturated carbocycles. The fourth-order valence-electron chi connectivity index (χ4n) is 2.38. The van der Waals surface area contributed by atoms with Gasteiger partial charge in [0, 0.05) is 18.7 Å². The Bertz CT molecular complexity index is 400. The van der Waals surface area contributed by atoms with Crippen LogP contribution in [0, 0.1) is 5.41 Å². The topological polar surface area (TPSA) is 56.7 Å². The van der Waals surface area contributed by atoms with Crippen molar-refractivity contribution in [1.82, 2.24) is 14.8 Å². The summed E-state index contributed by atoms with van der Waals surface area (Å²) in [6, 6.07) is 0. The summed E-state index contributed by atoms with van der Waals surface area (Å²) in [6.07, 6.45) is 7.30. The van der Waals surface area contributed by atoms with Gasteiger partial charge in [-0.1, -0.05) is 32.0 Å². The van der Waals surface area contributed by atoms with Gasteiger partial charge in [-0.3, -0.25) is 0 Å². The van der Waals surface area contributed by atoms with Crippen LogP contribution in [-0.2, 0) is 13.0 Å². The average Bonchev–Trinajstić information content (AvgIpc) is 2.62. The standard InChI is InChI=1S/C14H26N4S/c1-14(2,11-15)8-6-10-19-13-17-16-12-7-4-3-5-9-18(12)13/h3-11,15H2,1-2H3. The predicted molar refractivity (Wildman–Crippen MR) is 80.4 cm³/mol. The smallest absolute Gasteiger partial charge is 0.191 e. The first-order valence-electron chi connectivity index (χ1n) is 7.37. The predicted octanol–water partition coefficient (Wildman–Crippen LogP) is 2.86. The van der Waals surface area contributed by atoms with Gasteiger partial charge in [0.25, 0.3) is 0 Å². The van der Waals surface area contributed by atoms with Crippen molar-refractivity contribution >= 4 is 11.8 Å². The third-order valence-corrected chi connectivity index (χ3v) is 4.91. The minimum Gasteiger partial charge on any atom is -0.330 e. The molecule has 19 heavy (non-hydrogen) atoms. The van der Waals surface area contributed by atoms with Crippen molar-refractivity contribution in [3.05, 3.63) is 5.82 Å². The molecule has 0 amide bonds. The molecule has 2 N–H and O–H groups in total. The number of aromatic nitrogens is 3. The second kappa shape index (κ2) is 6.75. The van der Waals surface area contributed by atoms with Crippen LogP contribution in [0.3, 0.4) is 0 Å². The second-order valence-electron chi connectivity index (χ2n) is 6.18. The van der Waals surface area contributed by atoms with Gasteiger partial charge in [0.1, 0.15) is 5.82 Å². The Kier molecular flexibility index (Phi) is 5.28. The molecule has 0 atom stereocenters. The molecule has 0 aliphatic carbocycles. The fourth-order valence-corrected chi connectivity index (χ4v) is 3.30. The van der Waals surface area contributed by atoms with Gasteiger partial charge in [0.15, 0.2) is 5.16 Å². The van der Waals surface area contributed by atoms with Crippen molar-refractivity contribution in [2.75, 3.05) is 12.3 Å². The van der Waals surface area contributed by atoms with Crippen LogP contribution >= 0.6 is 11.8 Å². The molecule has 108 valence electrons. The van der Waals surface area contributed by atoms with Gasteiger partial charge >= 0.3 is 0 Å². The zero-order valence-electron chi connectivity index (χ0n) is 12.2. The van der Waals surface area contributed by atoms with E-state index in [2.05, 4.69) is 28.6 Å². The van der Waals surface area contributed by atoms with Crippen LogP contribution in [0.1, 0.15) is 51.8 Å². The molecule has 0 spiro atoms. The monoisotopic (exact) mass is 282 g/mol. The molecule has 1 aliphatic rings. The molecule has 0 bridgehead atoms. The van der Waals surface area contributed by atoms with Crippen molar-refractivity contribution < 1.29 is 0 Å². The van der Waals surface area contributed by atoms with Crippen LogP contribution in [0.5, 0.6) is 0 Å². The number of nitrogens with two attached hydrogens (primary N) is 1. The van der Waals surface area contributed by atoms with E-state index in [0.717, 1.165) is 30.4 Å². The maximum absolute atomic E-state index is 5.76. The Morgan fingerprint density at radius 3 is 2.89 bits per heavy atom. The van der Waals surface area contributed by atoms with Crippen molar-refractivity contribution in [3.8, 4) is 0 Å². The van der Waals surface area contributed by atoms with Gasteiger partial charge in [0.05, 0.1) is 0 Å². The highest BCUT2D eigenvalue weighted by Crippen LogP contribution is 2.25. The third-order valence-electron chi connectivity index (χ3n) is 3.86. The Morgan fingerprint density at radius 2 is 2.11 bits per heavy atom. The molecule has 0 aromatic carbocycles. The molecular formula is C14H26N4S. The largest absolute Gasteiger partial charge is 0.330 e. The first-order chi connectivity index (χ1) is 9.12. The Morgan fingerprint density at radius 1 is 1.26 bits per heavy atom. The van der Waals surface area contributed by atoms with E-state index in [4.69, 9.17) is 5.73 Å². The number of hydrogen-bond acceptors (Lipinski definition) is 4. The van der Waals surface area contributed by atoms with Crippen molar-refractivity contribution in [2.24, 2.45) is 11.1 Å². The molecule has 1 aromatic heterocycles. The summed E-state index contributed by atoms with van der Waals surface area (Å²) in [5, 5.41) is 9.79. The van der Waals surface area contributed by atoms with Crippen molar-refractivity contribution in [1.29, 1.82) is 0 Å². The quantitative estimate of drug-likeness (QED) is 0.644. The maximum atomic E-state index is 5.76. The zero-order chi connectivity index (χ0) is 13.7. The lowest BCUT2D eigenvalue weighted by Gasteiger charge is -2.21. The normalized spacial score (nSPS) is 16.2. The van der Waals surface area contributed by atoms with Gasteiger partial charge in [-0.2, -0.15) is 0 Å². The minimum atomic E-state index is 0.266. The van der Waals surface area contributed by atoms with Crippen LogP contribution < -0.4 is 5.73 Å².